The number of piperazine rings is 1. The predicted molar refractivity (Wildman–Crippen MR) is 60.2 cm³/mol. The molecular weight excluding hydrogens is 220 g/mol. The third kappa shape index (κ3) is 2.25. The molecule has 0 spiro atoms. The van der Waals surface area contributed by atoms with E-state index in [0.717, 1.165) is 0 Å². The molecule has 6 nitrogen and oxygen atoms in total. The number of hydrogen-bond donors (Lipinski definition) is 1. The summed E-state index contributed by atoms with van der Waals surface area (Å²) in [6.45, 7) is 2.91. The van der Waals surface area contributed by atoms with Gasteiger partial charge < -0.3 is 10.2 Å². The van der Waals surface area contributed by atoms with Crippen LogP contribution in [-0.2, 0) is 4.79 Å². The summed E-state index contributed by atoms with van der Waals surface area (Å²) in [7, 11) is 0. The van der Waals surface area contributed by atoms with Crippen LogP contribution < -0.4 is 5.32 Å². The Kier molecular flexibility index (Phi) is 3.32. The minimum atomic E-state index is -0.392. The van der Waals surface area contributed by atoms with E-state index in [2.05, 4.69) is 15.3 Å². The summed E-state index contributed by atoms with van der Waals surface area (Å²) >= 11 is 0. The first-order valence-electron chi connectivity index (χ1n) is 5.57. The van der Waals surface area contributed by atoms with Crippen molar-refractivity contribution in [2.45, 2.75) is 19.4 Å². The van der Waals surface area contributed by atoms with Gasteiger partial charge in [0.15, 0.2) is 0 Å². The van der Waals surface area contributed by atoms with Crippen LogP contribution in [0.15, 0.2) is 18.7 Å². The van der Waals surface area contributed by atoms with Gasteiger partial charge in [-0.2, -0.15) is 0 Å². The SMILES string of the molecule is CCC1C(=O)NCCN1C(=O)c1cncnc1. The van der Waals surface area contributed by atoms with Crippen LogP contribution in [0.25, 0.3) is 0 Å². The molecule has 2 rings (SSSR count). The third-order valence-corrected chi connectivity index (χ3v) is 2.79. The number of hydrogen-bond acceptors (Lipinski definition) is 4. The summed E-state index contributed by atoms with van der Waals surface area (Å²) in [5.41, 5.74) is 0.417. The molecule has 0 saturated carbocycles. The maximum atomic E-state index is 12.2. The average Bonchev–Trinajstić information content (AvgIpc) is 2.38. The van der Waals surface area contributed by atoms with Crippen LogP contribution in [0.5, 0.6) is 0 Å². The molecule has 17 heavy (non-hydrogen) atoms. The molecular formula is C11H14N4O2. The molecule has 0 aromatic carbocycles. The van der Waals surface area contributed by atoms with Gasteiger partial charge in [0.2, 0.25) is 5.91 Å². The highest BCUT2D eigenvalue weighted by atomic mass is 16.2. The maximum absolute atomic E-state index is 12.2. The first-order valence-corrected chi connectivity index (χ1v) is 5.57. The van der Waals surface area contributed by atoms with Crippen molar-refractivity contribution in [2.24, 2.45) is 0 Å². The standard InChI is InChI=1S/C11H14N4O2/c1-2-9-10(16)14-3-4-15(9)11(17)8-5-12-7-13-6-8/h5-7,9H,2-4H2,1H3,(H,14,16). The molecule has 0 bridgehead atoms. The second-order valence-corrected chi connectivity index (χ2v) is 3.84. The molecule has 6 heteroatoms. The van der Waals surface area contributed by atoms with Crippen molar-refractivity contribution >= 4 is 11.8 Å². The normalized spacial score (nSPS) is 19.9. The molecule has 1 unspecified atom stereocenters. The summed E-state index contributed by atoms with van der Waals surface area (Å²) < 4.78 is 0. The number of nitrogens with one attached hydrogen (secondary N) is 1. The average molecular weight is 234 g/mol. The fourth-order valence-corrected chi connectivity index (χ4v) is 1.94. The van der Waals surface area contributed by atoms with Gasteiger partial charge >= 0.3 is 0 Å². The van der Waals surface area contributed by atoms with Crippen LogP contribution in [0.4, 0.5) is 0 Å². The van der Waals surface area contributed by atoms with E-state index in [1.54, 1.807) is 4.90 Å². The van der Waals surface area contributed by atoms with Crippen LogP contribution in [0.3, 0.4) is 0 Å². The van der Waals surface area contributed by atoms with E-state index in [1.165, 1.54) is 18.7 Å². The van der Waals surface area contributed by atoms with E-state index in [1.807, 2.05) is 6.92 Å². The van der Waals surface area contributed by atoms with Crippen molar-refractivity contribution in [3.63, 3.8) is 0 Å². The Balaban J connectivity index is 2.21. The van der Waals surface area contributed by atoms with E-state index in [0.29, 0.717) is 25.1 Å². The van der Waals surface area contributed by atoms with E-state index in [4.69, 9.17) is 0 Å². The molecule has 2 heterocycles. The van der Waals surface area contributed by atoms with E-state index >= 15 is 0 Å². The van der Waals surface area contributed by atoms with Crippen molar-refractivity contribution < 1.29 is 9.59 Å². The Hall–Kier alpha value is -1.98. The Morgan fingerprint density at radius 1 is 1.53 bits per heavy atom. The fourth-order valence-electron chi connectivity index (χ4n) is 1.94. The minimum absolute atomic E-state index is 0.0936. The number of aromatic nitrogens is 2. The number of nitrogens with zero attached hydrogens (tertiary/aromatic N) is 3. The van der Waals surface area contributed by atoms with Gasteiger partial charge in [0.25, 0.3) is 5.91 Å². The lowest BCUT2D eigenvalue weighted by atomic mass is 10.1. The highest BCUT2D eigenvalue weighted by molar-refractivity contribution is 5.97. The van der Waals surface area contributed by atoms with E-state index < -0.39 is 6.04 Å². The first kappa shape index (κ1) is 11.5. The Bertz CT molecular complexity index is 421. The molecule has 1 saturated heterocycles. The summed E-state index contributed by atoms with van der Waals surface area (Å²) in [5, 5.41) is 2.76. The smallest absolute Gasteiger partial charge is 0.257 e. The van der Waals surface area contributed by atoms with Gasteiger partial charge in [0.1, 0.15) is 12.4 Å². The summed E-state index contributed by atoms with van der Waals surface area (Å²) in [5.74, 6) is -0.281. The quantitative estimate of drug-likeness (QED) is 0.770. The van der Waals surface area contributed by atoms with Gasteiger partial charge in [-0.05, 0) is 6.42 Å². The molecule has 90 valence electrons. The maximum Gasteiger partial charge on any atom is 0.257 e. The van der Waals surface area contributed by atoms with Crippen molar-refractivity contribution in [1.82, 2.24) is 20.2 Å². The topological polar surface area (TPSA) is 75.2 Å². The molecule has 1 aliphatic heterocycles. The Morgan fingerprint density at radius 3 is 2.88 bits per heavy atom. The molecule has 1 aromatic rings. The largest absolute Gasteiger partial charge is 0.353 e. The zero-order valence-corrected chi connectivity index (χ0v) is 9.59. The number of amides is 2. The third-order valence-electron chi connectivity index (χ3n) is 2.79. The molecule has 1 atom stereocenters. The monoisotopic (exact) mass is 234 g/mol. The van der Waals surface area contributed by atoms with Gasteiger partial charge in [-0.3, -0.25) is 9.59 Å². The van der Waals surface area contributed by atoms with Crippen molar-refractivity contribution in [3.8, 4) is 0 Å². The highest BCUT2D eigenvalue weighted by Crippen LogP contribution is 2.12. The van der Waals surface area contributed by atoms with Crippen LogP contribution in [-0.4, -0.2) is 45.8 Å². The lowest BCUT2D eigenvalue weighted by molar-refractivity contribution is -0.127. The zero-order valence-electron chi connectivity index (χ0n) is 9.59. The van der Waals surface area contributed by atoms with Gasteiger partial charge in [-0.1, -0.05) is 6.92 Å². The Morgan fingerprint density at radius 2 is 2.24 bits per heavy atom. The van der Waals surface area contributed by atoms with Crippen LogP contribution in [0.2, 0.25) is 0 Å². The van der Waals surface area contributed by atoms with Gasteiger partial charge in [-0.15, -0.1) is 0 Å². The molecule has 2 amide bonds. The molecule has 1 aromatic heterocycles. The fraction of sp³-hybridized carbons (Fsp3) is 0.455. The van der Waals surface area contributed by atoms with Gasteiger partial charge in [0.05, 0.1) is 5.56 Å². The number of carbonyl (C=O) groups excluding carboxylic acids is 2. The molecule has 1 aliphatic rings. The van der Waals surface area contributed by atoms with Crippen molar-refractivity contribution in [3.05, 3.63) is 24.3 Å². The molecule has 0 radical (unpaired) electrons. The van der Waals surface area contributed by atoms with Crippen molar-refractivity contribution in [1.29, 1.82) is 0 Å². The summed E-state index contributed by atoms with van der Waals surface area (Å²) in [4.78, 5) is 33.0. The summed E-state index contributed by atoms with van der Waals surface area (Å²) in [6.07, 6.45) is 4.91. The highest BCUT2D eigenvalue weighted by Gasteiger charge is 2.32. The second kappa shape index (κ2) is 4.90. The van der Waals surface area contributed by atoms with Crippen molar-refractivity contribution in [2.75, 3.05) is 13.1 Å². The van der Waals surface area contributed by atoms with E-state index in [-0.39, 0.29) is 11.8 Å². The summed E-state index contributed by atoms with van der Waals surface area (Å²) in [6, 6.07) is -0.392. The Labute approximate surface area is 99.1 Å². The molecule has 1 fully saturated rings. The lowest BCUT2D eigenvalue weighted by Gasteiger charge is -2.34. The molecule has 1 N–H and O–H groups in total. The van der Waals surface area contributed by atoms with Crippen LogP contribution in [0.1, 0.15) is 23.7 Å². The van der Waals surface area contributed by atoms with Crippen LogP contribution in [0, 0.1) is 0 Å². The lowest BCUT2D eigenvalue weighted by Crippen LogP contribution is -2.56. The number of carbonyl (C=O) groups is 2. The molecule has 0 aliphatic carbocycles. The minimum Gasteiger partial charge on any atom is -0.353 e. The number of rotatable bonds is 2. The second-order valence-electron chi connectivity index (χ2n) is 3.84. The van der Waals surface area contributed by atoms with Gasteiger partial charge in [0, 0.05) is 25.5 Å². The predicted octanol–water partition coefficient (Wildman–Crippen LogP) is -0.173. The van der Waals surface area contributed by atoms with Crippen LogP contribution >= 0.6 is 0 Å². The zero-order chi connectivity index (χ0) is 12.3. The van der Waals surface area contributed by atoms with Gasteiger partial charge in [-0.25, -0.2) is 9.97 Å². The first-order chi connectivity index (χ1) is 8.24. The van der Waals surface area contributed by atoms with E-state index in [9.17, 15) is 9.59 Å².